The first-order valence-corrected chi connectivity index (χ1v) is 6.05. The lowest BCUT2D eigenvalue weighted by Crippen LogP contribution is -2.29. The summed E-state index contributed by atoms with van der Waals surface area (Å²) in [4.78, 5) is 15.3. The van der Waals surface area contributed by atoms with Gasteiger partial charge in [-0.2, -0.15) is 4.98 Å². The molecule has 0 spiro atoms. The number of hydrogen-bond acceptors (Lipinski definition) is 4. The van der Waals surface area contributed by atoms with E-state index in [9.17, 15) is 4.79 Å². The lowest BCUT2D eigenvalue weighted by Gasteiger charge is -2.11. The fraction of sp³-hybridized carbons (Fsp3) is 0.385. The van der Waals surface area contributed by atoms with E-state index in [-0.39, 0.29) is 6.01 Å². The van der Waals surface area contributed by atoms with Crippen molar-refractivity contribution in [3.8, 4) is 0 Å². The Balaban J connectivity index is 2.12. The number of para-hydroxylation sites is 2. The first kappa shape index (κ1) is 12.4. The number of aromatic nitrogens is 1. The van der Waals surface area contributed by atoms with Crippen molar-refractivity contribution in [3.63, 3.8) is 0 Å². The Labute approximate surface area is 105 Å². The van der Waals surface area contributed by atoms with E-state index in [0.29, 0.717) is 12.0 Å². The van der Waals surface area contributed by atoms with Crippen LogP contribution < -0.4 is 5.32 Å². The third kappa shape index (κ3) is 2.80. The van der Waals surface area contributed by atoms with E-state index < -0.39 is 12.0 Å². The number of benzene rings is 1. The summed E-state index contributed by atoms with van der Waals surface area (Å²) < 4.78 is 5.44. The summed E-state index contributed by atoms with van der Waals surface area (Å²) in [6.45, 7) is 2.03. The Hall–Kier alpha value is -2.04. The molecular weight excluding hydrogens is 232 g/mol. The number of carboxylic acid groups (broad SMARTS) is 1. The van der Waals surface area contributed by atoms with Crippen LogP contribution in [0.2, 0.25) is 0 Å². The molecule has 2 aromatic rings. The molecule has 1 atom stereocenters. The van der Waals surface area contributed by atoms with Gasteiger partial charge in [-0.05, 0) is 18.6 Å². The van der Waals surface area contributed by atoms with Gasteiger partial charge in [0.25, 0.3) is 6.01 Å². The van der Waals surface area contributed by atoms with Crippen LogP contribution >= 0.6 is 0 Å². The summed E-state index contributed by atoms with van der Waals surface area (Å²) in [5.74, 6) is -0.884. The van der Waals surface area contributed by atoms with Gasteiger partial charge in [-0.15, -0.1) is 0 Å². The molecule has 0 amide bonds. The van der Waals surface area contributed by atoms with Crippen LogP contribution in [0.4, 0.5) is 6.01 Å². The van der Waals surface area contributed by atoms with Crippen LogP contribution in [0, 0.1) is 0 Å². The number of rotatable bonds is 6. The second-order valence-corrected chi connectivity index (χ2v) is 4.16. The van der Waals surface area contributed by atoms with Crippen LogP contribution in [0.3, 0.4) is 0 Å². The van der Waals surface area contributed by atoms with E-state index in [2.05, 4.69) is 10.3 Å². The Morgan fingerprint density at radius 2 is 2.28 bits per heavy atom. The minimum absolute atomic E-state index is 0.264. The van der Waals surface area contributed by atoms with Gasteiger partial charge >= 0.3 is 5.97 Å². The van der Waals surface area contributed by atoms with Gasteiger partial charge in [0, 0.05) is 0 Å². The SMILES string of the molecule is CCCCC(Nc1nc2ccccc2o1)C(=O)O. The van der Waals surface area contributed by atoms with Crippen molar-refractivity contribution in [2.45, 2.75) is 32.2 Å². The molecule has 5 heteroatoms. The van der Waals surface area contributed by atoms with E-state index in [4.69, 9.17) is 9.52 Å². The number of nitrogens with one attached hydrogen (secondary N) is 1. The summed E-state index contributed by atoms with van der Waals surface area (Å²) in [7, 11) is 0. The second-order valence-electron chi connectivity index (χ2n) is 4.16. The Morgan fingerprint density at radius 1 is 1.50 bits per heavy atom. The molecule has 0 bridgehead atoms. The fourth-order valence-electron chi connectivity index (χ4n) is 1.75. The highest BCUT2D eigenvalue weighted by molar-refractivity contribution is 5.78. The van der Waals surface area contributed by atoms with Gasteiger partial charge in [0.1, 0.15) is 11.6 Å². The molecule has 0 radical (unpaired) electrons. The van der Waals surface area contributed by atoms with Gasteiger partial charge < -0.3 is 14.8 Å². The molecule has 1 heterocycles. The highest BCUT2D eigenvalue weighted by atomic mass is 16.4. The molecule has 0 saturated carbocycles. The molecule has 0 fully saturated rings. The molecule has 5 nitrogen and oxygen atoms in total. The average Bonchev–Trinajstić information content (AvgIpc) is 2.76. The predicted molar refractivity (Wildman–Crippen MR) is 68.6 cm³/mol. The van der Waals surface area contributed by atoms with Crippen LogP contribution in [0.15, 0.2) is 28.7 Å². The van der Waals surface area contributed by atoms with Crippen molar-refractivity contribution in [2.75, 3.05) is 5.32 Å². The number of carboxylic acids is 1. The molecular formula is C13H16N2O3. The monoisotopic (exact) mass is 248 g/mol. The molecule has 0 aliphatic carbocycles. The van der Waals surface area contributed by atoms with Crippen LogP contribution in [-0.4, -0.2) is 22.1 Å². The molecule has 18 heavy (non-hydrogen) atoms. The maximum Gasteiger partial charge on any atom is 0.326 e. The van der Waals surface area contributed by atoms with E-state index in [1.807, 2.05) is 25.1 Å². The maximum atomic E-state index is 11.1. The topological polar surface area (TPSA) is 75.4 Å². The van der Waals surface area contributed by atoms with Gasteiger partial charge in [0.05, 0.1) is 0 Å². The smallest absolute Gasteiger partial charge is 0.326 e. The number of carbonyl (C=O) groups is 1. The zero-order valence-corrected chi connectivity index (χ0v) is 10.2. The lowest BCUT2D eigenvalue weighted by atomic mass is 10.1. The third-order valence-corrected chi connectivity index (χ3v) is 2.74. The zero-order valence-electron chi connectivity index (χ0n) is 10.2. The molecule has 1 unspecified atom stereocenters. The molecule has 0 saturated heterocycles. The van der Waals surface area contributed by atoms with E-state index >= 15 is 0 Å². The highest BCUT2D eigenvalue weighted by Gasteiger charge is 2.18. The highest BCUT2D eigenvalue weighted by Crippen LogP contribution is 2.19. The van der Waals surface area contributed by atoms with Crippen molar-refractivity contribution in [1.29, 1.82) is 0 Å². The Kier molecular flexibility index (Phi) is 3.82. The van der Waals surface area contributed by atoms with Crippen LogP contribution in [0.5, 0.6) is 0 Å². The van der Waals surface area contributed by atoms with Crippen molar-refractivity contribution in [3.05, 3.63) is 24.3 Å². The first-order chi connectivity index (χ1) is 8.70. The number of anilines is 1. The number of nitrogens with zero attached hydrogens (tertiary/aromatic N) is 1. The normalized spacial score (nSPS) is 12.5. The predicted octanol–water partition coefficient (Wildman–Crippen LogP) is 2.88. The van der Waals surface area contributed by atoms with Gasteiger partial charge in [0.2, 0.25) is 0 Å². The average molecular weight is 248 g/mol. The molecule has 0 aliphatic heterocycles. The minimum atomic E-state index is -0.884. The first-order valence-electron chi connectivity index (χ1n) is 6.05. The van der Waals surface area contributed by atoms with Crippen molar-refractivity contribution < 1.29 is 14.3 Å². The lowest BCUT2D eigenvalue weighted by molar-refractivity contribution is -0.138. The van der Waals surface area contributed by atoms with E-state index in [1.54, 1.807) is 6.07 Å². The van der Waals surface area contributed by atoms with Crippen molar-refractivity contribution in [2.24, 2.45) is 0 Å². The van der Waals surface area contributed by atoms with Crippen LogP contribution in [0.1, 0.15) is 26.2 Å². The largest absolute Gasteiger partial charge is 0.480 e. The van der Waals surface area contributed by atoms with E-state index in [0.717, 1.165) is 18.4 Å². The van der Waals surface area contributed by atoms with Crippen molar-refractivity contribution in [1.82, 2.24) is 4.98 Å². The molecule has 2 rings (SSSR count). The quantitative estimate of drug-likeness (QED) is 0.822. The van der Waals surface area contributed by atoms with Gasteiger partial charge in [-0.25, -0.2) is 4.79 Å². The summed E-state index contributed by atoms with van der Waals surface area (Å²) in [5.41, 5.74) is 1.37. The van der Waals surface area contributed by atoms with Gasteiger partial charge in [-0.3, -0.25) is 0 Å². The van der Waals surface area contributed by atoms with E-state index in [1.165, 1.54) is 0 Å². The standard InChI is InChI=1S/C13H16N2O3/c1-2-3-6-10(12(16)17)15-13-14-9-7-4-5-8-11(9)18-13/h4-5,7-8,10H,2-3,6H2,1H3,(H,14,15)(H,16,17). The number of oxazole rings is 1. The zero-order chi connectivity index (χ0) is 13.0. The minimum Gasteiger partial charge on any atom is -0.480 e. The van der Waals surface area contributed by atoms with Crippen molar-refractivity contribution >= 4 is 23.1 Å². The van der Waals surface area contributed by atoms with Gasteiger partial charge in [-0.1, -0.05) is 31.9 Å². The molecule has 1 aromatic heterocycles. The molecule has 2 N–H and O–H groups in total. The Bertz CT molecular complexity index is 503. The Morgan fingerprint density at radius 3 is 2.94 bits per heavy atom. The van der Waals surface area contributed by atoms with Crippen LogP contribution in [-0.2, 0) is 4.79 Å². The maximum absolute atomic E-state index is 11.1. The summed E-state index contributed by atoms with van der Waals surface area (Å²) in [5, 5.41) is 11.9. The van der Waals surface area contributed by atoms with Gasteiger partial charge in [0.15, 0.2) is 5.58 Å². The summed E-state index contributed by atoms with van der Waals surface area (Å²) in [6, 6.07) is 6.95. The fourth-order valence-corrected chi connectivity index (χ4v) is 1.75. The number of hydrogen-bond donors (Lipinski definition) is 2. The second kappa shape index (κ2) is 5.53. The van der Waals surface area contributed by atoms with Crippen LogP contribution in [0.25, 0.3) is 11.1 Å². The number of unbranched alkanes of at least 4 members (excludes halogenated alkanes) is 1. The summed E-state index contributed by atoms with van der Waals surface area (Å²) in [6.07, 6.45) is 2.37. The third-order valence-electron chi connectivity index (χ3n) is 2.74. The molecule has 1 aromatic carbocycles. The molecule has 0 aliphatic rings. The summed E-state index contributed by atoms with van der Waals surface area (Å²) >= 11 is 0. The number of aliphatic carboxylic acids is 1. The number of fused-ring (bicyclic) bond motifs is 1. The molecule has 96 valence electrons.